The van der Waals surface area contributed by atoms with E-state index >= 15 is 0 Å². The summed E-state index contributed by atoms with van der Waals surface area (Å²) in [5, 5.41) is 14.5. The number of benzene rings is 2. The maximum atomic E-state index is 6.08. The molecule has 0 aliphatic rings. The van der Waals surface area contributed by atoms with Crippen molar-refractivity contribution < 1.29 is 0 Å². The fourth-order valence-electron chi connectivity index (χ4n) is 3.52. The Hall–Kier alpha value is -2.90. The highest BCUT2D eigenvalue weighted by Gasteiger charge is 2.10. The lowest BCUT2D eigenvalue weighted by atomic mass is 10.1. The Bertz CT molecular complexity index is 1180. The molecule has 4 aromatic rings. The van der Waals surface area contributed by atoms with E-state index in [1.165, 1.54) is 11.3 Å². The molecule has 8 heteroatoms. The molecule has 2 aromatic heterocycles. The fourth-order valence-corrected chi connectivity index (χ4v) is 4.35. The molecule has 0 aliphatic heterocycles. The van der Waals surface area contributed by atoms with E-state index in [0.29, 0.717) is 0 Å². The molecule has 0 fully saturated rings. The van der Waals surface area contributed by atoms with Gasteiger partial charge in [-0.2, -0.15) is 0 Å². The van der Waals surface area contributed by atoms with E-state index in [2.05, 4.69) is 64.9 Å². The molecule has 6 nitrogen and oxygen atoms in total. The van der Waals surface area contributed by atoms with Crippen molar-refractivity contribution in [2.75, 3.05) is 23.3 Å². The van der Waals surface area contributed by atoms with Crippen molar-refractivity contribution in [1.29, 1.82) is 0 Å². The van der Waals surface area contributed by atoms with Crippen LogP contribution in [-0.2, 0) is 0 Å². The average molecular weight is 467 g/mol. The Labute approximate surface area is 197 Å². The molecule has 2 heterocycles. The molecule has 0 spiro atoms. The predicted molar refractivity (Wildman–Crippen MR) is 135 cm³/mol. The molecule has 4 rings (SSSR count). The molecule has 1 atom stereocenters. The smallest absolute Gasteiger partial charge is 0.187 e. The van der Waals surface area contributed by atoms with Gasteiger partial charge in [-0.3, -0.25) is 0 Å². The average Bonchev–Trinajstić information content (AvgIpc) is 3.47. The number of nitrogens with one attached hydrogen (secondary N) is 1. The Balaban J connectivity index is 1.48. The molecular weight excluding hydrogens is 440 g/mol. The van der Waals surface area contributed by atoms with Crippen LogP contribution in [0.1, 0.15) is 37.4 Å². The van der Waals surface area contributed by atoms with Gasteiger partial charge < -0.3 is 10.2 Å². The van der Waals surface area contributed by atoms with Crippen molar-refractivity contribution in [2.24, 2.45) is 0 Å². The van der Waals surface area contributed by atoms with Crippen molar-refractivity contribution in [3.05, 3.63) is 65.3 Å². The molecule has 0 saturated heterocycles. The fraction of sp³-hybridized carbons (Fsp3) is 0.292. The van der Waals surface area contributed by atoms with Gasteiger partial charge in [0.2, 0.25) is 0 Å². The molecule has 166 valence electrons. The number of hydrogen-bond acceptors (Lipinski definition) is 6. The lowest BCUT2D eigenvalue weighted by Crippen LogP contribution is -2.21. The van der Waals surface area contributed by atoms with Gasteiger partial charge in [-0.15, -0.1) is 28.0 Å². The first kappa shape index (κ1) is 22.3. The molecule has 0 amide bonds. The van der Waals surface area contributed by atoms with Crippen LogP contribution in [0.2, 0.25) is 0 Å². The quantitative estimate of drug-likeness (QED) is 0.297. The summed E-state index contributed by atoms with van der Waals surface area (Å²) in [6, 6.07) is 14.6. The van der Waals surface area contributed by atoms with Crippen LogP contribution in [0, 0.1) is 6.92 Å². The third kappa shape index (κ3) is 4.79. The standard InChI is InChI=1S/C24H27ClN6S/c1-5-30(6-2)20-11-12-21(16(3)13-20)26-24-27-23(15-32-24)18-7-9-19(10-8-18)31-14-22(17(4)25)28-29-31/h7-15,17H,5-6H2,1-4H3,(H,26,27). The summed E-state index contributed by atoms with van der Waals surface area (Å²) in [6.45, 7) is 10.4. The van der Waals surface area contributed by atoms with E-state index in [0.717, 1.165) is 46.5 Å². The molecule has 1 N–H and O–H groups in total. The second kappa shape index (κ2) is 9.71. The lowest BCUT2D eigenvalue weighted by molar-refractivity contribution is 0.796. The van der Waals surface area contributed by atoms with Gasteiger partial charge in [0.15, 0.2) is 5.13 Å². The summed E-state index contributed by atoms with van der Waals surface area (Å²) in [7, 11) is 0. The topological polar surface area (TPSA) is 58.9 Å². The van der Waals surface area contributed by atoms with Crippen LogP contribution in [0.4, 0.5) is 16.5 Å². The van der Waals surface area contributed by atoms with Gasteiger partial charge in [0, 0.05) is 35.4 Å². The van der Waals surface area contributed by atoms with Gasteiger partial charge in [0.25, 0.3) is 0 Å². The highest BCUT2D eigenvalue weighted by molar-refractivity contribution is 7.14. The summed E-state index contributed by atoms with van der Waals surface area (Å²) < 4.78 is 1.73. The van der Waals surface area contributed by atoms with Crippen molar-refractivity contribution in [3.63, 3.8) is 0 Å². The van der Waals surface area contributed by atoms with E-state index < -0.39 is 0 Å². The van der Waals surface area contributed by atoms with Crippen LogP contribution < -0.4 is 10.2 Å². The first-order chi connectivity index (χ1) is 15.5. The largest absolute Gasteiger partial charge is 0.372 e. The Morgan fingerprint density at radius 1 is 1.12 bits per heavy atom. The third-order valence-electron chi connectivity index (χ3n) is 5.43. The zero-order valence-electron chi connectivity index (χ0n) is 18.7. The predicted octanol–water partition coefficient (Wildman–Crippen LogP) is 6.59. The van der Waals surface area contributed by atoms with Crippen LogP contribution in [0.5, 0.6) is 0 Å². The van der Waals surface area contributed by atoms with Gasteiger partial charge in [-0.05, 0) is 63.6 Å². The van der Waals surface area contributed by atoms with Gasteiger partial charge in [0.05, 0.1) is 23.0 Å². The number of anilines is 3. The number of aromatic nitrogens is 4. The van der Waals surface area contributed by atoms with E-state index in [1.54, 1.807) is 16.0 Å². The minimum atomic E-state index is -0.166. The van der Waals surface area contributed by atoms with Crippen LogP contribution in [0.25, 0.3) is 16.9 Å². The Kier molecular flexibility index (Phi) is 6.77. The third-order valence-corrected chi connectivity index (χ3v) is 6.41. The molecule has 2 aromatic carbocycles. The summed E-state index contributed by atoms with van der Waals surface area (Å²) >= 11 is 7.68. The SMILES string of the molecule is CCN(CC)c1ccc(Nc2nc(-c3ccc(-n4cc(C(C)Cl)nn4)cc3)cs2)c(C)c1. The van der Waals surface area contributed by atoms with Gasteiger partial charge in [-0.1, -0.05) is 17.3 Å². The monoisotopic (exact) mass is 466 g/mol. The number of nitrogens with zero attached hydrogens (tertiary/aromatic N) is 5. The van der Waals surface area contributed by atoms with Crippen LogP contribution in [0.3, 0.4) is 0 Å². The molecule has 0 bridgehead atoms. The van der Waals surface area contributed by atoms with Gasteiger partial charge in [-0.25, -0.2) is 9.67 Å². The number of alkyl halides is 1. The van der Waals surface area contributed by atoms with Crippen LogP contribution >= 0.6 is 22.9 Å². The molecule has 0 radical (unpaired) electrons. The Morgan fingerprint density at radius 2 is 1.88 bits per heavy atom. The minimum absolute atomic E-state index is 0.166. The van der Waals surface area contributed by atoms with E-state index in [1.807, 2.05) is 37.4 Å². The maximum Gasteiger partial charge on any atom is 0.187 e. The molecular formula is C24H27ClN6S. The minimum Gasteiger partial charge on any atom is -0.372 e. The summed E-state index contributed by atoms with van der Waals surface area (Å²) in [5.41, 5.74) is 7.21. The van der Waals surface area contributed by atoms with Crippen molar-refractivity contribution >= 4 is 39.4 Å². The number of thiazole rings is 1. The first-order valence-corrected chi connectivity index (χ1v) is 12.0. The maximum absolute atomic E-state index is 6.08. The van der Waals surface area contributed by atoms with Gasteiger partial charge in [0.1, 0.15) is 5.69 Å². The van der Waals surface area contributed by atoms with Crippen LogP contribution in [0.15, 0.2) is 54.0 Å². The molecule has 0 saturated carbocycles. The van der Waals surface area contributed by atoms with Crippen LogP contribution in [-0.4, -0.2) is 33.1 Å². The lowest BCUT2D eigenvalue weighted by Gasteiger charge is -2.22. The summed E-state index contributed by atoms with van der Waals surface area (Å²) in [6.07, 6.45) is 1.85. The second-order valence-electron chi connectivity index (χ2n) is 7.59. The normalized spacial score (nSPS) is 12.0. The first-order valence-electron chi connectivity index (χ1n) is 10.7. The van der Waals surface area contributed by atoms with E-state index in [9.17, 15) is 0 Å². The number of rotatable bonds is 8. The van der Waals surface area contributed by atoms with Crippen molar-refractivity contribution in [2.45, 2.75) is 33.1 Å². The molecule has 0 aliphatic carbocycles. The molecule has 32 heavy (non-hydrogen) atoms. The number of aryl methyl sites for hydroxylation is 1. The highest BCUT2D eigenvalue weighted by Crippen LogP contribution is 2.30. The number of halogens is 1. The van der Waals surface area contributed by atoms with Crippen molar-refractivity contribution in [1.82, 2.24) is 20.0 Å². The zero-order chi connectivity index (χ0) is 22.7. The Morgan fingerprint density at radius 3 is 2.50 bits per heavy atom. The van der Waals surface area contributed by atoms with Gasteiger partial charge >= 0.3 is 0 Å². The van der Waals surface area contributed by atoms with Crippen molar-refractivity contribution in [3.8, 4) is 16.9 Å². The summed E-state index contributed by atoms with van der Waals surface area (Å²) in [5.74, 6) is 0. The van der Waals surface area contributed by atoms with E-state index in [4.69, 9.17) is 16.6 Å². The second-order valence-corrected chi connectivity index (χ2v) is 9.10. The zero-order valence-corrected chi connectivity index (χ0v) is 20.3. The number of hydrogen-bond donors (Lipinski definition) is 1. The molecule has 1 unspecified atom stereocenters. The van der Waals surface area contributed by atoms with E-state index in [-0.39, 0.29) is 5.38 Å². The highest BCUT2D eigenvalue weighted by atomic mass is 35.5. The summed E-state index contributed by atoms with van der Waals surface area (Å²) in [4.78, 5) is 7.13.